The van der Waals surface area contributed by atoms with Crippen molar-refractivity contribution >= 4 is 41.1 Å². The molecule has 0 spiro atoms. The van der Waals surface area contributed by atoms with Crippen LogP contribution >= 0.6 is 0 Å². The minimum Gasteiger partial charge on any atom is -0.463 e. The van der Waals surface area contributed by atoms with Crippen molar-refractivity contribution in [1.82, 2.24) is 25.0 Å². The molecule has 5 aromatic rings. The van der Waals surface area contributed by atoms with Crippen molar-refractivity contribution in [2.45, 2.75) is 31.7 Å². The van der Waals surface area contributed by atoms with Crippen LogP contribution in [0.25, 0.3) is 33.8 Å². The maximum Gasteiger partial charge on any atom is 0.262 e. The van der Waals surface area contributed by atoms with Crippen LogP contribution < -0.4 is 16.0 Å². The van der Waals surface area contributed by atoms with Gasteiger partial charge in [0.15, 0.2) is 5.76 Å². The number of aromatic nitrogens is 1. The Labute approximate surface area is 345 Å². The first-order valence-corrected chi connectivity index (χ1v) is 20.3. The van der Waals surface area contributed by atoms with Gasteiger partial charge >= 0.3 is 0 Å². The highest BCUT2D eigenvalue weighted by molar-refractivity contribution is 6.24. The largest absolute Gasteiger partial charge is 0.463 e. The number of nitrogens with one attached hydrogen (secondary N) is 1. The van der Waals surface area contributed by atoms with Crippen molar-refractivity contribution in [1.29, 1.82) is 0 Å². The van der Waals surface area contributed by atoms with E-state index in [0.717, 1.165) is 78.5 Å². The number of nitrogens with two attached hydrogens (primary N) is 1. The molecule has 2 aromatic heterocycles. The zero-order chi connectivity index (χ0) is 41.5. The van der Waals surface area contributed by atoms with Gasteiger partial charge in [0.2, 0.25) is 17.7 Å². The fraction of sp³-hybridized carbons (Fsp3) is 0.283. The van der Waals surface area contributed by atoms with Gasteiger partial charge in [-0.15, -0.1) is 0 Å². The predicted molar refractivity (Wildman–Crippen MR) is 222 cm³/mol. The second-order valence-electron chi connectivity index (χ2n) is 15.8. The number of piperidine rings is 2. The zero-order valence-corrected chi connectivity index (χ0v) is 32.8. The smallest absolute Gasteiger partial charge is 0.262 e. The van der Waals surface area contributed by atoms with Gasteiger partial charge in [0.1, 0.15) is 11.7 Å². The molecule has 0 aliphatic carbocycles. The SMILES string of the molecule is NC(=O)c1ccc(-c2cc(-c3ccc(N4CCC(CN5CCN(C(=O)c6ccc7c(c6)C(=O)N(C6CCC(=O)NC6=O)C7=O)CC5)CC4)cc3)nc(-c3ccco3)c2)cc1. The predicted octanol–water partition coefficient (Wildman–Crippen LogP) is 4.85. The standard InChI is InChI=1S/C46H43N7O7/c47-42(55)31-5-3-29(4-6-31)33-25-37(48-38(26-33)40-2-1-23-60-40)30-7-10-34(11-8-30)51-17-15-28(16-18-51)27-50-19-21-52(22-20-50)44(57)32-9-12-35-36(24-32)46(59)53(45(35)58)39-13-14-41(54)49-43(39)56/h1-12,23-26,28,39H,13-22,27H2,(H2,47,55)(H,49,54,56). The monoisotopic (exact) mass is 805 g/mol. The maximum absolute atomic E-state index is 13.6. The normalized spacial score (nSPS) is 18.8. The number of pyridine rings is 1. The van der Waals surface area contributed by atoms with Crippen molar-refractivity contribution in [2.75, 3.05) is 50.7 Å². The first-order valence-electron chi connectivity index (χ1n) is 20.3. The first kappa shape index (κ1) is 38.6. The van der Waals surface area contributed by atoms with Crippen molar-refractivity contribution in [2.24, 2.45) is 11.7 Å². The highest BCUT2D eigenvalue weighted by Crippen LogP contribution is 2.33. The number of benzene rings is 3. The van der Waals surface area contributed by atoms with Crippen LogP contribution in [0, 0.1) is 5.92 Å². The van der Waals surface area contributed by atoms with E-state index >= 15 is 0 Å². The van der Waals surface area contributed by atoms with Crippen LogP contribution in [0.3, 0.4) is 0 Å². The van der Waals surface area contributed by atoms with Crippen molar-refractivity contribution in [3.8, 4) is 33.8 Å². The molecule has 14 heteroatoms. The van der Waals surface area contributed by atoms with Gasteiger partial charge in [-0.3, -0.25) is 43.9 Å². The second-order valence-corrected chi connectivity index (χ2v) is 15.8. The molecule has 3 aromatic carbocycles. The minimum atomic E-state index is -1.05. The molecule has 6 amide bonds. The molecular formula is C46H43N7O7. The Kier molecular flexibility index (Phi) is 10.3. The molecular weight excluding hydrogens is 763 g/mol. The number of primary amides is 1. The van der Waals surface area contributed by atoms with E-state index < -0.39 is 35.6 Å². The van der Waals surface area contributed by atoms with Gasteiger partial charge in [0, 0.05) is 74.6 Å². The molecule has 14 nitrogen and oxygen atoms in total. The topological polar surface area (TPSA) is 179 Å². The fourth-order valence-electron chi connectivity index (χ4n) is 8.72. The molecule has 3 N–H and O–H groups in total. The molecule has 3 fully saturated rings. The summed E-state index contributed by atoms with van der Waals surface area (Å²) in [6.07, 6.45) is 3.86. The number of carbonyl (C=O) groups excluding carboxylic acids is 6. The Morgan fingerprint density at radius 2 is 1.40 bits per heavy atom. The van der Waals surface area contributed by atoms with Crippen molar-refractivity contribution in [3.05, 3.63) is 120 Å². The second kappa shape index (κ2) is 16.0. The molecule has 0 radical (unpaired) electrons. The van der Waals surface area contributed by atoms with Crippen molar-refractivity contribution in [3.63, 3.8) is 0 Å². The lowest BCUT2D eigenvalue weighted by molar-refractivity contribution is -0.136. The molecule has 0 bridgehead atoms. The number of piperazine rings is 1. The maximum atomic E-state index is 13.6. The summed E-state index contributed by atoms with van der Waals surface area (Å²) < 4.78 is 5.69. The summed E-state index contributed by atoms with van der Waals surface area (Å²) in [5.41, 5.74) is 12.0. The number of amides is 6. The van der Waals surface area contributed by atoms with Crippen LogP contribution in [0.4, 0.5) is 5.69 Å². The first-order chi connectivity index (χ1) is 29.1. The number of rotatable bonds is 9. The van der Waals surface area contributed by atoms with Crippen LogP contribution in [0.5, 0.6) is 0 Å². The number of hydrogen-bond donors (Lipinski definition) is 2. The summed E-state index contributed by atoms with van der Waals surface area (Å²) in [6, 6.07) is 26.9. The van der Waals surface area contributed by atoms with Gasteiger partial charge in [-0.05, 0) is 103 Å². The van der Waals surface area contributed by atoms with Crippen LogP contribution in [0.2, 0.25) is 0 Å². The van der Waals surface area contributed by atoms with Crippen molar-refractivity contribution < 1.29 is 33.2 Å². The van der Waals surface area contributed by atoms with Gasteiger partial charge in [-0.2, -0.15) is 0 Å². The van der Waals surface area contributed by atoms with Gasteiger partial charge in [-0.1, -0.05) is 24.3 Å². The molecule has 3 saturated heterocycles. The highest BCUT2D eigenvalue weighted by Gasteiger charge is 2.45. The molecule has 304 valence electrons. The molecule has 4 aliphatic rings. The third-order valence-corrected chi connectivity index (χ3v) is 12.1. The van der Waals surface area contributed by atoms with Gasteiger partial charge in [-0.25, -0.2) is 4.98 Å². The number of fused-ring (bicyclic) bond motifs is 1. The number of nitrogens with zero attached hydrogens (tertiary/aromatic N) is 5. The molecule has 9 rings (SSSR count). The minimum absolute atomic E-state index is 0.0410. The Balaban J connectivity index is 0.781. The Morgan fingerprint density at radius 1 is 0.717 bits per heavy atom. The van der Waals surface area contributed by atoms with Crippen LogP contribution in [0.15, 0.2) is 102 Å². The summed E-state index contributed by atoms with van der Waals surface area (Å²) in [4.78, 5) is 88.1. The van der Waals surface area contributed by atoms with E-state index in [-0.39, 0.29) is 29.9 Å². The van der Waals surface area contributed by atoms with Crippen LogP contribution in [-0.4, -0.2) is 107 Å². The van der Waals surface area contributed by atoms with E-state index in [0.29, 0.717) is 41.6 Å². The van der Waals surface area contributed by atoms with Gasteiger partial charge in [0.05, 0.1) is 23.1 Å². The van der Waals surface area contributed by atoms with E-state index in [1.807, 2.05) is 36.4 Å². The van der Waals surface area contributed by atoms with E-state index in [4.69, 9.17) is 15.1 Å². The fourth-order valence-corrected chi connectivity index (χ4v) is 8.72. The summed E-state index contributed by atoms with van der Waals surface area (Å²) >= 11 is 0. The Hall–Kier alpha value is -6.93. The molecule has 4 aliphatic heterocycles. The molecule has 1 atom stereocenters. The van der Waals surface area contributed by atoms with E-state index in [1.165, 1.54) is 12.1 Å². The summed E-state index contributed by atoms with van der Waals surface area (Å²) in [6.45, 7) is 5.45. The summed E-state index contributed by atoms with van der Waals surface area (Å²) in [5, 5.41) is 2.20. The molecule has 60 heavy (non-hydrogen) atoms. The van der Waals surface area contributed by atoms with E-state index in [2.05, 4.69) is 39.4 Å². The zero-order valence-electron chi connectivity index (χ0n) is 32.8. The number of furan rings is 1. The Morgan fingerprint density at radius 3 is 2.08 bits per heavy atom. The average molecular weight is 806 g/mol. The third kappa shape index (κ3) is 7.57. The van der Waals surface area contributed by atoms with E-state index in [9.17, 15) is 28.8 Å². The van der Waals surface area contributed by atoms with Gasteiger partial charge < -0.3 is 20.0 Å². The van der Waals surface area contributed by atoms with Crippen LogP contribution in [-0.2, 0) is 9.59 Å². The lowest BCUT2D eigenvalue weighted by Gasteiger charge is -2.39. The lowest BCUT2D eigenvalue weighted by atomic mass is 9.95. The summed E-state index contributed by atoms with van der Waals surface area (Å²) in [7, 11) is 0. The molecule has 6 heterocycles. The van der Waals surface area contributed by atoms with E-state index in [1.54, 1.807) is 29.4 Å². The quantitative estimate of drug-likeness (QED) is 0.196. The van der Waals surface area contributed by atoms with Gasteiger partial charge in [0.25, 0.3) is 17.7 Å². The number of anilines is 1. The Bertz CT molecular complexity index is 2500. The number of hydrogen-bond acceptors (Lipinski definition) is 10. The third-order valence-electron chi connectivity index (χ3n) is 12.1. The van der Waals surface area contributed by atoms with Crippen LogP contribution in [0.1, 0.15) is 67.1 Å². The lowest BCUT2D eigenvalue weighted by Crippen LogP contribution is -2.54. The number of imide groups is 2. The highest BCUT2D eigenvalue weighted by atomic mass is 16.3. The average Bonchev–Trinajstić information content (AvgIpc) is 3.90. The number of carbonyl (C=O) groups is 6. The molecule has 1 unspecified atom stereocenters. The summed E-state index contributed by atoms with van der Waals surface area (Å²) in [5.74, 6) is -1.78. The molecule has 0 saturated carbocycles.